The first-order valence-electron chi connectivity index (χ1n) is 6.08. The minimum atomic E-state index is -2.85. The van der Waals surface area contributed by atoms with E-state index in [1.807, 2.05) is 0 Å². The summed E-state index contributed by atoms with van der Waals surface area (Å²) in [6.45, 7) is 0. The molecule has 24 N–H and O–H groups in total. The molecular weight excluding hydrogens is 613 g/mol. The average molecular weight is 638 g/mol. The van der Waals surface area contributed by atoms with Gasteiger partial charge in [0.25, 0.3) is 0 Å². The van der Waals surface area contributed by atoms with Crippen molar-refractivity contribution in [3.8, 4) is 0 Å². The second-order valence-corrected chi connectivity index (χ2v) is 4.12. The molecule has 0 spiro atoms. The molecule has 0 atom stereocenters. The summed E-state index contributed by atoms with van der Waals surface area (Å²) in [7, 11) is -8.56. The fourth-order valence-electron chi connectivity index (χ4n) is 0. The summed E-state index contributed by atoms with van der Waals surface area (Å²) in [5, 5.41) is 0. The van der Waals surface area contributed by atoms with E-state index in [1.54, 1.807) is 0 Å². The van der Waals surface area contributed by atoms with E-state index in [9.17, 15) is 0 Å². The maximum atomic E-state index is 9.00. The third kappa shape index (κ3) is 2760. The molecule has 0 aliphatic rings. The summed E-state index contributed by atoms with van der Waals surface area (Å²) >= 11 is 0. The van der Waals surface area contributed by atoms with Crippen LogP contribution < -0.4 is 111 Å². The first-order valence-corrected chi connectivity index (χ1v) is 8.86. The van der Waals surface area contributed by atoms with E-state index >= 15 is 0 Å². The summed E-state index contributed by atoms with van der Waals surface area (Å²) in [4.78, 5) is 54.0. The average Bonchev–Trinajstić information content (AvgIpc) is 2.39. The smallest absolute Gasteiger partial charge is 0.357 e. The Kier molecular flexibility index (Phi) is 101. The van der Waals surface area contributed by atoms with Crippen LogP contribution in [0.1, 0.15) is 0 Å². The SMILES string of the molecule is NC(N)=O.NC(N)=O.NC(N)=O.NC(N)=O.NC(N)=O.NC(N)=O.[Al+3].[O-][Cl+2]([O-])[O-].[O-][Cl+2]([O-])[O-].[O-][Cl+2]([O-])[O-]. The van der Waals surface area contributed by atoms with E-state index in [4.69, 9.17) is 70.7 Å². The van der Waals surface area contributed by atoms with Crippen molar-refractivity contribution in [2.24, 2.45) is 68.8 Å². The number of rotatable bonds is 0. The fourth-order valence-corrected chi connectivity index (χ4v) is 0. The molecule has 0 saturated heterocycles. The number of carbonyl (C=O) groups excluding carboxylic acids is 6. The molecule has 0 unspecified atom stereocenters. The molecule has 0 aliphatic carbocycles. The van der Waals surface area contributed by atoms with E-state index in [1.165, 1.54) is 0 Å². The van der Waals surface area contributed by atoms with Gasteiger partial charge in [-0.05, 0) is 0 Å². The summed E-state index contributed by atoms with van der Waals surface area (Å²) in [6, 6.07) is -5.00. The van der Waals surface area contributed by atoms with Crippen LogP contribution in [0.5, 0.6) is 0 Å². The zero-order valence-electron chi connectivity index (χ0n) is 17.8. The first-order chi connectivity index (χ1) is 15.6. The molecule has 27 nitrogen and oxygen atoms in total. The van der Waals surface area contributed by atoms with Gasteiger partial charge in [0.2, 0.25) is 0 Å². The molecule has 0 saturated carbocycles. The van der Waals surface area contributed by atoms with E-state index in [-0.39, 0.29) is 17.4 Å². The topological polar surface area (TPSA) is 622 Å². The zero-order chi connectivity index (χ0) is 32.2. The van der Waals surface area contributed by atoms with Crippen molar-refractivity contribution in [3.05, 3.63) is 0 Å². The Morgan fingerprint density at radius 3 is 0.297 bits per heavy atom. The number of nitrogens with two attached hydrogens (primary N) is 12. The summed E-state index contributed by atoms with van der Waals surface area (Å²) < 4.78 is 75.7. The Morgan fingerprint density at radius 2 is 0.297 bits per heavy atom. The van der Waals surface area contributed by atoms with Gasteiger partial charge in [-0.25, -0.2) is 28.8 Å². The van der Waals surface area contributed by atoms with Gasteiger partial charge in [-0.3, -0.25) is 0 Å². The molecular formula is C6H24AlCl3N12O15. The van der Waals surface area contributed by atoms with Crippen molar-refractivity contribution < 1.29 is 103 Å². The van der Waals surface area contributed by atoms with Gasteiger partial charge in [-0.2, -0.15) is 0 Å². The maximum absolute atomic E-state index is 9.00. The van der Waals surface area contributed by atoms with Gasteiger partial charge in [0.05, 0.1) is 32.4 Å². The predicted octanol–water partition coefficient (Wildman–Crippen LogP) is -16.9. The number of amides is 12. The molecule has 0 aromatic heterocycles. The molecule has 12 amide bonds. The van der Waals surface area contributed by atoms with Crippen LogP contribution in [0.15, 0.2) is 0 Å². The van der Waals surface area contributed by atoms with Crippen molar-refractivity contribution >= 4 is 53.5 Å². The molecule has 0 aromatic carbocycles. The molecule has 0 aromatic rings. The molecule has 0 radical (unpaired) electrons. The van der Waals surface area contributed by atoms with E-state index < -0.39 is 68.5 Å². The van der Waals surface area contributed by atoms with Crippen LogP contribution in [0.3, 0.4) is 0 Å². The minimum absolute atomic E-state index is 0. The van der Waals surface area contributed by atoms with Crippen molar-refractivity contribution in [1.29, 1.82) is 0 Å². The van der Waals surface area contributed by atoms with Crippen molar-refractivity contribution in [3.63, 3.8) is 0 Å². The van der Waals surface area contributed by atoms with Gasteiger partial charge in [0, 0.05) is 0 Å². The number of primary amides is 12. The molecule has 31 heteroatoms. The van der Waals surface area contributed by atoms with Crippen LogP contribution in [0.2, 0.25) is 0 Å². The van der Waals surface area contributed by atoms with Crippen LogP contribution in [-0.4, -0.2) is 53.5 Å². The first kappa shape index (κ1) is 64.1. The van der Waals surface area contributed by atoms with E-state index in [0.29, 0.717) is 0 Å². The Labute approximate surface area is 225 Å². The van der Waals surface area contributed by atoms with Crippen LogP contribution in [-0.2, 0) is 0 Å². The molecule has 0 rings (SSSR count). The monoisotopic (exact) mass is 636 g/mol. The molecule has 0 bridgehead atoms. The minimum Gasteiger partial charge on any atom is -0.357 e. The Balaban J connectivity index is -0.0000000276. The quantitative estimate of drug-likeness (QED) is 0.110. The van der Waals surface area contributed by atoms with Gasteiger partial charge >= 0.3 is 53.5 Å². The summed E-state index contributed by atoms with van der Waals surface area (Å²) in [5.41, 5.74) is 51.0. The number of hydrogen-bond donors (Lipinski definition) is 12. The van der Waals surface area contributed by atoms with Gasteiger partial charge < -0.3 is 111 Å². The molecule has 0 aliphatic heterocycles. The van der Waals surface area contributed by atoms with Crippen LogP contribution in [0, 0.1) is 32.4 Å². The van der Waals surface area contributed by atoms with E-state index in [0.717, 1.165) is 0 Å². The number of urea groups is 6. The zero-order valence-corrected chi connectivity index (χ0v) is 21.2. The van der Waals surface area contributed by atoms with Crippen molar-refractivity contribution in [2.45, 2.75) is 0 Å². The van der Waals surface area contributed by atoms with Gasteiger partial charge in [0.15, 0.2) is 0 Å². The third-order valence-corrected chi connectivity index (χ3v) is 0. The standard InChI is InChI=1S/6CH4N2O.Al.3ClO3/c6*2-1(3)4;;3*2-1(3)4/h6*(H4,2,3,4);;;;/q;;;;;;+3;3*-1. The Bertz CT molecular complexity index is 396. The van der Waals surface area contributed by atoms with Crippen LogP contribution in [0.4, 0.5) is 28.8 Å². The van der Waals surface area contributed by atoms with Crippen LogP contribution in [0.25, 0.3) is 0 Å². The number of halogens is 3. The second kappa shape index (κ2) is 58.5. The Morgan fingerprint density at radius 1 is 0.297 bits per heavy atom. The van der Waals surface area contributed by atoms with E-state index in [2.05, 4.69) is 68.8 Å². The maximum Gasteiger partial charge on any atom is 3.00 e. The molecule has 0 heterocycles. The third-order valence-electron chi connectivity index (χ3n) is 0. The molecule has 0 fully saturated rings. The summed E-state index contributed by atoms with van der Waals surface area (Å²) in [6.07, 6.45) is 0. The fraction of sp³-hybridized carbons (Fsp3) is 0. The summed E-state index contributed by atoms with van der Waals surface area (Å²) in [5.74, 6) is 0. The number of carbonyl (C=O) groups is 6. The van der Waals surface area contributed by atoms with Crippen LogP contribution >= 0.6 is 0 Å². The normalized spacial score (nSPS) is 6.81. The second-order valence-electron chi connectivity index (χ2n) is 2.98. The molecule has 37 heavy (non-hydrogen) atoms. The number of hydrogen-bond acceptors (Lipinski definition) is 15. The van der Waals surface area contributed by atoms with Gasteiger partial charge in [-0.15, -0.1) is 0 Å². The van der Waals surface area contributed by atoms with Gasteiger partial charge in [-0.1, -0.05) is 0 Å². The van der Waals surface area contributed by atoms with Gasteiger partial charge in [0.1, 0.15) is 0 Å². The Hall–Kier alpha value is -3.34. The largest absolute Gasteiger partial charge is 3.00 e. The van der Waals surface area contributed by atoms with Crippen molar-refractivity contribution in [2.75, 3.05) is 0 Å². The molecule has 222 valence electrons. The van der Waals surface area contributed by atoms with Crippen molar-refractivity contribution in [1.82, 2.24) is 0 Å². The predicted molar refractivity (Wildman–Crippen MR) is 88.4 cm³/mol.